The summed E-state index contributed by atoms with van der Waals surface area (Å²) >= 11 is 13.4. The van der Waals surface area contributed by atoms with Crippen molar-refractivity contribution < 1.29 is 13.9 Å². The third kappa shape index (κ3) is 6.42. The van der Waals surface area contributed by atoms with E-state index in [1.54, 1.807) is 30.3 Å². The summed E-state index contributed by atoms with van der Waals surface area (Å²) in [6.45, 7) is 2.28. The highest BCUT2D eigenvalue weighted by Crippen LogP contribution is 2.23. The van der Waals surface area contributed by atoms with E-state index < -0.39 is 0 Å². The fraction of sp³-hybridized carbons (Fsp3) is 0.278. The molecular weight excluding hydrogens is 384 g/mol. The third-order valence-corrected chi connectivity index (χ3v) is 5.14. The van der Waals surface area contributed by atoms with Gasteiger partial charge in [-0.25, -0.2) is 4.39 Å². The number of ether oxygens (including phenoxy) is 1. The van der Waals surface area contributed by atoms with Crippen LogP contribution >= 0.6 is 35.0 Å². The summed E-state index contributed by atoms with van der Waals surface area (Å²) in [6, 6.07) is 9.86. The van der Waals surface area contributed by atoms with E-state index in [0.717, 1.165) is 5.56 Å². The fourth-order valence-corrected chi connectivity index (χ4v) is 3.33. The van der Waals surface area contributed by atoms with Crippen LogP contribution in [-0.2, 0) is 10.5 Å². The molecule has 2 aromatic rings. The summed E-state index contributed by atoms with van der Waals surface area (Å²) in [5.41, 5.74) is 1.38. The summed E-state index contributed by atoms with van der Waals surface area (Å²) in [5, 5.41) is 3.83. The van der Waals surface area contributed by atoms with Gasteiger partial charge in [0.05, 0.1) is 0 Å². The third-order valence-electron chi connectivity index (χ3n) is 3.38. The molecule has 2 aromatic carbocycles. The topological polar surface area (TPSA) is 38.3 Å². The van der Waals surface area contributed by atoms with Gasteiger partial charge in [-0.05, 0) is 42.8 Å². The van der Waals surface area contributed by atoms with Gasteiger partial charge in [0.1, 0.15) is 11.6 Å². The van der Waals surface area contributed by atoms with Gasteiger partial charge in [-0.15, -0.1) is 0 Å². The molecule has 0 fully saturated rings. The first kappa shape index (κ1) is 19.9. The lowest BCUT2D eigenvalue weighted by Crippen LogP contribution is -2.30. The number of hydrogen-bond acceptors (Lipinski definition) is 3. The van der Waals surface area contributed by atoms with Crippen molar-refractivity contribution in [2.24, 2.45) is 0 Å². The van der Waals surface area contributed by atoms with E-state index in [0.29, 0.717) is 39.4 Å². The Labute approximate surface area is 160 Å². The number of hydrogen-bond donors (Lipinski definition) is 1. The van der Waals surface area contributed by atoms with E-state index in [9.17, 15) is 9.18 Å². The molecule has 0 aliphatic rings. The van der Waals surface area contributed by atoms with Crippen molar-refractivity contribution in [1.82, 2.24) is 5.32 Å². The van der Waals surface area contributed by atoms with Crippen molar-refractivity contribution >= 4 is 40.9 Å². The van der Waals surface area contributed by atoms with Crippen LogP contribution in [0.4, 0.5) is 4.39 Å². The average molecular weight is 402 g/mol. The van der Waals surface area contributed by atoms with Crippen LogP contribution in [0, 0.1) is 12.7 Å². The number of aryl methyl sites for hydroxylation is 1. The van der Waals surface area contributed by atoms with E-state index >= 15 is 0 Å². The van der Waals surface area contributed by atoms with Crippen molar-refractivity contribution in [3.05, 3.63) is 63.4 Å². The smallest absolute Gasteiger partial charge is 0.257 e. The first-order valence-corrected chi connectivity index (χ1v) is 9.54. The second kappa shape index (κ2) is 9.90. The molecule has 0 bridgehead atoms. The molecule has 0 unspecified atom stereocenters. The summed E-state index contributed by atoms with van der Waals surface area (Å²) < 4.78 is 19.0. The zero-order chi connectivity index (χ0) is 18.2. The van der Waals surface area contributed by atoms with Gasteiger partial charge in [-0.1, -0.05) is 29.3 Å². The lowest BCUT2D eigenvalue weighted by Gasteiger charge is -2.09. The zero-order valence-electron chi connectivity index (χ0n) is 13.7. The molecule has 0 aromatic heterocycles. The molecule has 134 valence electrons. The highest BCUT2D eigenvalue weighted by Gasteiger charge is 2.07. The summed E-state index contributed by atoms with van der Waals surface area (Å²) in [7, 11) is 0. The van der Waals surface area contributed by atoms with Gasteiger partial charge < -0.3 is 10.1 Å². The number of halogens is 3. The predicted molar refractivity (Wildman–Crippen MR) is 102 cm³/mol. The molecule has 0 aliphatic carbocycles. The van der Waals surface area contributed by atoms with Crippen molar-refractivity contribution in [3.8, 4) is 5.75 Å². The summed E-state index contributed by atoms with van der Waals surface area (Å²) in [4.78, 5) is 11.8. The zero-order valence-corrected chi connectivity index (χ0v) is 16.0. The molecule has 0 saturated heterocycles. The largest absolute Gasteiger partial charge is 0.484 e. The lowest BCUT2D eigenvalue weighted by molar-refractivity contribution is -0.122. The Bertz CT molecular complexity index is 723. The van der Waals surface area contributed by atoms with Crippen molar-refractivity contribution in [1.29, 1.82) is 0 Å². The van der Waals surface area contributed by atoms with Gasteiger partial charge in [-0.3, -0.25) is 4.79 Å². The number of nitrogens with one attached hydrogen (secondary N) is 1. The number of benzene rings is 2. The Morgan fingerprint density at radius 2 is 2.04 bits per heavy atom. The van der Waals surface area contributed by atoms with Crippen LogP contribution in [0.15, 0.2) is 36.4 Å². The Morgan fingerprint density at radius 3 is 2.76 bits per heavy atom. The SMILES string of the molecule is Cc1cc(OCC(=O)NCCSCc2c(F)cccc2Cl)ccc1Cl. The van der Waals surface area contributed by atoms with E-state index in [4.69, 9.17) is 27.9 Å². The molecule has 0 spiro atoms. The molecule has 0 radical (unpaired) electrons. The number of amides is 1. The van der Waals surface area contributed by atoms with Crippen molar-refractivity contribution in [2.45, 2.75) is 12.7 Å². The second-order valence-corrected chi connectivity index (χ2v) is 7.22. The predicted octanol–water partition coefficient (Wildman–Crippen LogP) is 4.87. The molecule has 3 nitrogen and oxygen atoms in total. The van der Waals surface area contributed by atoms with E-state index in [1.807, 2.05) is 6.92 Å². The van der Waals surface area contributed by atoms with Gasteiger partial charge in [0.2, 0.25) is 0 Å². The Kier molecular flexibility index (Phi) is 7.88. The molecule has 1 N–H and O–H groups in total. The monoisotopic (exact) mass is 401 g/mol. The molecular formula is C18H18Cl2FNO2S. The maximum Gasteiger partial charge on any atom is 0.257 e. The highest BCUT2D eigenvalue weighted by molar-refractivity contribution is 7.98. The Balaban J connectivity index is 1.64. The molecule has 0 heterocycles. The number of carbonyl (C=O) groups is 1. The van der Waals surface area contributed by atoms with Crippen LogP contribution in [0.5, 0.6) is 5.75 Å². The van der Waals surface area contributed by atoms with Crippen LogP contribution in [-0.4, -0.2) is 24.8 Å². The molecule has 0 aliphatic heterocycles. The molecule has 1 amide bonds. The highest BCUT2D eigenvalue weighted by atomic mass is 35.5. The van der Waals surface area contributed by atoms with Crippen LogP contribution < -0.4 is 10.1 Å². The summed E-state index contributed by atoms with van der Waals surface area (Å²) in [6.07, 6.45) is 0. The van der Waals surface area contributed by atoms with Crippen LogP contribution in [0.1, 0.15) is 11.1 Å². The standard InChI is InChI=1S/C18H18Cl2FNO2S/c1-12-9-13(5-6-15(12)19)24-10-18(23)22-7-8-25-11-14-16(20)3-2-4-17(14)21/h2-6,9H,7-8,10-11H2,1H3,(H,22,23). The molecule has 0 atom stereocenters. The minimum absolute atomic E-state index is 0.0646. The number of thioether (sulfide) groups is 1. The Morgan fingerprint density at radius 1 is 1.24 bits per heavy atom. The van der Waals surface area contributed by atoms with Gasteiger partial charge in [0, 0.05) is 33.7 Å². The molecule has 7 heteroatoms. The molecule has 2 rings (SSSR count). The first-order chi connectivity index (χ1) is 12.0. The Hall–Kier alpha value is -1.43. The number of carbonyl (C=O) groups excluding carboxylic acids is 1. The maximum atomic E-state index is 13.6. The number of rotatable bonds is 8. The maximum absolute atomic E-state index is 13.6. The van der Waals surface area contributed by atoms with Crippen LogP contribution in [0.3, 0.4) is 0 Å². The quantitative estimate of drug-likeness (QED) is 0.641. The van der Waals surface area contributed by atoms with Gasteiger partial charge >= 0.3 is 0 Å². The van der Waals surface area contributed by atoms with Crippen LogP contribution in [0.2, 0.25) is 10.0 Å². The lowest BCUT2D eigenvalue weighted by atomic mass is 10.2. The summed E-state index contributed by atoms with van der Waals surface area (Å²) in [5.74, 6) is 1.19. The average Bonchev–Trinajstić information content (AvgIpc) is 2.58. The van der Waals surface area contributed by atoms with Gasteiger partial charge in [0.25, 0.3) is 5.91 Å². The van der Waals surface area contributed by atoms with Crippen molar-refractivity contribution in [3.63, 3.8) is 0 Å². The molecule has 25 heavy (non-hydrogen) atoms. The molecule has 0 saturated carbocycles. The normalized spacial score (nSPS) is 10.6. The van der Waals surface area contributed by atoms with Gasteiger partial charge in [0.15, 0.2) is 6.61 Å². The minimum Gasteiger partial charge on any atom is -0.484 e. The van der Waals surface area contributed by atoms with E-state index in [1.165, 1.54) is 17.8 Å². The fourth-order valence-electron chi connectivity index (χ4n) is 2.01. The van der Waals surface area contributed by atoms with E-state index in [2.05, 4.69) is 5.32 Å². The van der Waals surface area contributed by atoms with Crippen LogP contribution in [0.25, 0.3) is 0 Å². The van der Waals surface area contributed by atoms with E-state index in [-0.39, 0.29) is 18.3 Å². The van der Waals surface area contributed by atoms with Gasteiger partial charge in [-0.2, -0.15) is 11.8 Å². The minimum atomic E-state index is -0.310. The van der Waals surface area contributed by atoms with Crippen molar-refractivity contribution in [2.75, 3.05) is 18.9 Å². The second-order valence-electron chi connectivity index (χ2n) is 5.30. The first-order valence-electron chi connectivity index (χ1n) is 7.63.